The molecule has 31 heavy (non-hydrogen) atoms. The number of hydrogen-bond acceptors (Lipinski definition) is 5. The Morgan fingerprint density at radius 1 is 0.581 bits per heavy atom. The molecule has 5 heteroatoms. The van der Waals surface area contributed by atoms with Crippen LogP contribution in [0.3, 0.4) is 0 Å². The van der Waals surface area contributed by atoms with Crippen molar-refractivity contribution in [3.8, 4) is 0 Å². The predicted molar refractivity (Wildman–Crippen MR) is 127 cm³/mol. The van der Waals surface area contributed by atoms with Crippen LogP contribution in [0.4, 0.5) is 0 Å². The third-order valence-electron chi connectivity index (χ3n) is 5.64. The Morgan fingerprint density at radius 3 is 1.35 bits per heavy atom. The quantitative estimate of drug-likeness (QED) is 0.138. The van der Waals surface area contributed by atoms with Gasteiger partial charge in [0.15, 0.2) is 6.10 Å². The van der Waals surface area contributed by atoms with Crippen molar-refractivity contribution in [2.75, 3.05) is 13.2 Å². The van der Waals surface area contributed by atoms with E-state index >= 15 is 0 Å². The number of unbranched alkanes of at least 4 members (excludes halogenated alkanes) is 16. The second kappa shape index (κ2) is 23.6. The van der Waals surface area contributed by atoms with Gasteiger partial charge in [0.2, 0.25) is 0 Å². The molecule has 0 bridgehead atoms. The van der Waals surface area contributed by atoms with Crippen LogP contribution < -0.4 is 0 Å². The van der Waals surface area contributed by atoms with Crippen molar-refractivity contribution in [2.24, 2.45) is 0 Å². The first kappa shape index (κ1) is 29.9. The Kier molecular flexibility index (Phi) is 22.7. The normalized spacial score (nSPS) is 12.0. The first-order valence-corrected chi connectivity index (χ1v) is 13.1. The molecule has 0 saturated carbocycles. The van der Waals surface area contributed by atoms with Gasteiger partial charge in [-0.25, -0.2) is 4.79 Å². The first-order chi connectivity index (χ1) is 15.1. The van der Waals surface area contributed by atoms with Crippen LogP contribution in [-0.4, -0.2) is 36.4 Å². The fourth-order valence-corrected chi connectivity index (χ4v) is 3.58. The molecular weight excluding hydrogens is 392 g/mol. The minimum atomic E-state index is -1.42. The Balaban J connectivity index is 3.48. The number of rotatable bonds is 23. The Hall–Kier alpha value is -1.10. The van der Waals surface area contributed by atoms with E-state index in [1.807, 2.05) is 0 Å². The zero-order chi connectivity index (χ0) is 23.0. The summed E-state index contributed by atoms with van der Waals surface area (Å²) in [4.78, 5) is 23.5. The van der Waals surface area contributed by atoms with E-state index in [2.05, 4.69) is 13.8 Å². The molecular formula is C26H50O5. The van der Waals surface area contributed by atoms with Crippen LogP contribution in [0.5, 0.6) is 0 Å². The molecule has 0 saturated heterocycles. The van der Waals surface area contributed by atoms with Gasteiger partial charge in [-0.1, -0.05) is 117 Å². The van der Waals surface area contributed by atoms with Gasteiger partial charge < -0.3 is 14.6 Å². The van der Waals surface area contributed by atoms with Gasteiger partial charge in [0, 0.05) is 0 Å². The van der Waals surface area contributed by atoms with Crippen molar-refractivity contribution in [3.05, 3.63) is 0 Å². The standard InChI is InChI=1S/C26H50O5/c1-3-5-7-9-11-13-15-17-19-21-30-25(28)23-24(27)26(29)31-22-20-18-16-14-12-10-8-6-4-2/h24,27H,3-23H2,1-2H3. The molecule has 0 fully saturated rings. The van der Waals surface area contributed by atoms with E-state index in [1.165, 1.54) is 77.0 Å². The zero-order valence-electron chi connectivity index (χ0n) is 20.5. The van der Waals surface area contributed by atoms with Gasteiger partial charge in [0.25, 0.3) is 0 Å². The number of carbonyl (C=O) groups excluding carboxylic acids is 2. The minimum Gasteiger partial charge on any atom is -0.466 e. The monoisotopic (exact) mass is 442 g/mol. The van der Waals surface area contributed by atoms with Crippen molar-refractivity contribution in [1.82, 2.24) is 0 Å². The molecule has 5 nitrogen and oxygen atoms in total. The average Bonchev–Trinajstić information content (AvgIpc) is 2.76. The summed E-state index contributed by atoms with van der Waals surface area (Å²) in [6.07, 6.45) is 19.8. The lowest BCUT2D eigenvalue weighted by Gasteiger charge is -2.11. The molecule has 1 unspecified atom stereocenters. The molecule has 0 aromatic rings. The lowest BCUT2D eigenvalue weighted by Crippen LogP contribution is -2.27. The smallest absolute Gasteiger partial charge is 0.335 e. The molecule has 0 aromatic carbocycles. The maximum absolute atomic E-state index is 11.8. The summed E-state index contributed by atoms with van der Waals surface area (Å²) in [5, 5.41) is 9.82. The van der Waals surface area contributed by atoms with Gasteiger partial charge >= 0.3 is 11.9 Å². The SMILES string of the molecule is CCCCCCCCCCCOC(=O)CC(O)C(=O)OCCCCCCCCCCC. The molecule has 0 aliphatic rings. The molecule has 0 rings (SSSR count). The van der Waals surface area contributed by atoms with Crippen LogP contribution in [0.15, 0.2) is 0 Å². The summed E-state index contributed by atoms with van der Waals surface area (Å²) < 4.78 is 10.2. The summed E-state index contributed by atoms with van der Waals surface area (Å²) in [5.41, 5.74) is 0. The predicted octanol–water partition coefficient (Wildman–Crippen LogP) is 6.89. The molecule has 0 amide bonds. The van der Waals surface area contributed by atoms with Crippen molar-refractivity contribution >= 4 is 11.9 Å². The van der Waals surface area contributed by atoms with E-state index in [0.717, 1.165) is 38.5 Å². The number of aliphatic hydroxyl groups is 1. The second-order valence-electron chi connectivity index (χ2n) is 8.76. The molecule has 0 heterocycles. The van der Waals surface area contributed by atoms with E-state index in [9.17, 15) is 14.7 Å². The lowest BCUT2D eigenvalue weighted by molar-refractivity contribution is -0.160. The fraction of sp³-hybridized carbons (Fsp3) is 0.923. The van der Waals surface area contributed by atoms with Crippen LogP contribution in [0.25, 0.3) is 0 Å². The van der Waals surface area contributed by atoms with E-state index in [0.29, 0.717) is 13.2 Å². The van der Waals surface area contributed by atoms with Gasteiger partial charge in [0.05, 0.1) is 19.6 Å². The summed E-state index contributed by atoms with van der Waals surface area (Å²) >= 11 is 0. The third kappa shape index (κ3) is 21.9. The zero-order valence-corrected chi connectivity index (χ0v) is 20.5. The van der Waals surface area contributed by atoms with Crippen LogP contribution in [0.1, 0.15) is 136 Å². The van der Waals surface area contributed by atoms with Crippen LogP contribution in [0.2, 0.25) is 0 Å². The first-order valence-electron chi connectivity index (χ1n) is 13.1. The number of carbonyl (C=O) groups is 2. The number of esters is 2. The Labute approximate surface area is 191 Å². The van der Waals surface area contributed by atoms with Crippen LogP contribution in [0, 0.1) is 0 Å². The van der Waals surface area contributed by atoms with E-state index in [-0.39, 0.29) is 6.42 Å². The molecule has 0 aromatic heterocycles. The largest absolute Gasteiger partial charge is 0.466 e. The highest BCUT2D eigenvalue weighted by Crippen LogP contribution is 2.11. The Morgan fingerprint density at radius 2 is 0.935 bits per heavy atom. The van der Waals surface area contributed by atoms with Crippen molar-refractivity contribution in [2.45, 2.75) is 142 Å². The fourth-order valence-electron chi connectivity index (χ4n) is 3.58. The summed E-state index contributed by atoms with van der Waals surface area (Å²) in [7, 11) is 0. The molecule has 0 aliphatic carbocycles. The molecule has 1 atom stereocenters. The van der Waals surface area contributed by atoms with Gasteiger partial charge in [-0.05, 0) is 12.8 Å². The van der Waals surface area contributed by atoms with E-state index < -0.39 is 18.0 Å². The van der Waals surface area contributed by atoms with Gasteiger partial charge in [0.1, 0.15) is 0 Å². The summed E-state index contributed by atoms with van der Waals surface area (Å²) in [6.45, 7) is 5.11. The molecule has 0 radical (unpaired) electrons. The Bertz CT molecular complexity index is 411. The van der Waals surface area contributed by atoms with E-state index in [1.54, 1.807) is 0 Å². The van der Waals surface area contributed by atoms with E-state index in [4.69, 9.17) is 9.47 Å². The third-order valence-corrected chi connectivity index (χ3v) is 5.64. The highest BCUT2D eigenvalue weighted by Gasteiger charge is 2.21. The topological polar surface area (TPSA) is 72.8 Å². The molecule has 1 N–H and O–H groups in total. The van der Waals surface area contributed by atoms with Gasteiger partial charge in [-0.3, -0.25) is 4.79 Å². The van der Waals surface area contributed by atoms with Crippen molar-refractivity contribution in [1.29, 1.82) is 0 Å². The van der Waals surface area contributed by atoms with Crippen molar-refractivity contribution in [3.63, 3.8) is 0 Å². The van der Waals surface area contributed by atoms with Gasteiger partial charge in [-0.15, -0.1) is 0 Å². The molecule has 0 spiro atoms. The average molecular weight is 443 g/mol. The van der Waals surface area contributed by atoms with Crippen LogP contribution in [-0.2, 0) is 19.1 Å². The number of hydrogen-bond donors (Lipinski definition) is 1. The molecule has 0 aliphatic heterocycles. The van der Waals surface area contributed by atoms with Crippen LogP contribution >= 0.6 is 0 Å². The number of aliphatic hydroxyl groups excluding tert-OH is 1. The summed E-state index contributed by atoms with van der Waals surface area (Å²) in [5.74, 6) is -1.26. The second-order valence-corrected chi connectivity index (χ2v) is 8.76. The van der Waals surface area contributed by atoms with Gasteiger partial charge in [-0.2, -0.15) is 0 Å². The maximum atomic E-state index is 11.8. The number of ether oxygens (including phenoxy) is 2. The highest BCUT2D eigenvalue weighted by atomic mass is 16.6. The summed E-state index contributed by atoms with van der Waals surface area (Å²) in [6, 6.07) is 0. The van der Waals surface area contributed by atoms with Crippen molar-refractivity contribution < 1.29 is 24.2 Å². The molecule has 184 valence electrons. The lowest BCUT2D eigenvalue weighted by atomic mass is 10.1. The maximum Gasteiger partial charge on any atom is 0.335 e. The highest BCUT2D eigenvalue weighted by molar-refractivity contribution is 5.81. The minimum absolute atomic E-state index is 0.305.